The van der Waals surface area contributed by atoms with Crippen molar-refractivity contribution >= 4 is 32.3 Å². The van der Waals surface area contributed by atoms with Crippen molar-refractivity contribution in [2.75, 3.05) is 37.4 Å². The first-order valence-electron chi connectivity index (χ1n) is 14.2. The number of nitrogens with two attached hydrogens (primary N) is 1. The summed E-state index contributed by atoms with van der Waals surface area (Å²) in [7, 11) is -2.53. The summed E-state index contributed by atoms with van der Waals surface area (Å²) in [4.78, 5) is 2.26. The molecular formula is C30H36F3N5O4S. The van der Waals surface area contributed by atoms with E-state index in [2.05, 4.69) is 27.4 Å². The van der Waals surface area contributed by atoms with Gasteiger partial charge in [-0.05, 0) is 68.4 Å². The summed E-state index contributed by atoms with van der Waals surface area (Å²) in [6.45, 7) is 0.550. The molecule has 1 aliphatic heterocycles. The van der Waals surface area contributed by atoms with Gasteiger partial charge in [-0.25, -0.2) is 13.6 Å². The quantitative estimate of drug-likeness (QED) is 0.280. The Morgan fingerprint density at radius 1 is 1.09 bits per heavy atom. The van der Waals surface area contributed by atoms with E-state index in [-0.39, 0.29) is 35.0 Å². The summed E-state index contributed by atoms with van der Waals surface area (Å²) in [6.07, 6.45) is 0.0364. The number of methoxy groups -OCH3 is 1. The predicted molar refractivity (Wildman–Crippen MR) is 160 cm³/mol. The van der Waals surface area contributed by atoms with Crippen LogP contribution in [0.5, 0.6) is 5.75 Å². The topological polar surface area (TPSA) is 122 Å². The van der Waals surface area contributed by atoms with Crippen LogP contribution in [0.2, 0.25) is 0 Å². The van der Waals surface area contributed by atoms with Gasteiger partial charge in [0.2, 0.25) is 10.0 Å². The Morgan fingerprint density at radius 3 is 2.51 bits per heavy atom. The zero-order valence-corrected chi connectivity index (χ0v) is 24.6. The number of benzene rings is 2. The highest BCUT2D eigenvalue weighted by molar-refractivity contribution is 7.89. The highest BCUT2D eigenvalue weighted by Gasteiger charge is 2.32. The second kappa shape index (κ2) is 12.7. The summed E-state index contributed by atoms with van der Waals surface area (Å²) < 4.78 is 70.5. The molecule has 1 saturated carbocycles. The summed E-state index contributed by atoms with van der Waals surface area (Å²) in [5.41, 5.74) is 1.91. The molecule has 0 spiro atoms. The van der Waals surface area contributed by atoms with Gasteiger partial charge in [0.15, 0.2) is 0 Å². The molecule has 5 rings (SSSR count). The second-order valence-electron chi connectivity index (χ2n) is 11.1. The summed E-state index contributed by atoms with van der Waals surface area (Å²) in [5, 5.41) is 22.3. The van der Waals surface area contributed by atoms with E-state index in [4.69, 9.17) is 9.88 Å². The van der Waals surface area contributed by atoms with Crippen LogP contribution in [0.15, 0.2) is 47.4 Å². The predicted octanol–water partition coefficient (Wildman–Crippen LogP) is 4.11. The molecule has 3 aromatic rings. The molecule has 1 atom stereocenters. The van der Waals surface area contributed by atoms with Crippen LogP contribution in [0.3, 0.4) is 0 Å². The third-order valence-electron chi connectivity index (χ3n) is 8.14. The minimum absolute atomic E-state index is 0.0705. The van der Waals surface area contributed by atoms with E-state index < -0.39 is 22.7 Å². The largest absolute Gasteiger partial charge is 0.495 e. The third kappa shape index (κ3) is 7.56. The second-order valence-corrected chi connectivity index (χ2v) is 12.7. The average Bonchev–Trinajstić information content (AvgIpc) is 3.54. The molecule has 0 radical (unpaired) electrons. The molecule has 1 saturated heterocycles. The Morgan fingerprint density at radius 2 is 1.86 bits per heavy atom. The standard InChI is InChI=1S/C30H36F3N5O4S/c1-42-29-17-24(43(34,40)41)11-12-27(29)35-14-3-4-22-16-25-26(5-2-6-28(25)38(22)19-30(31,32)33)36-20-7-9-21(10-8-20)37-15-13-23(39)18-37/h2,5-6,11-12,16-17,20-21,23,35-36,39H,7-10,13-15,18-19H2,1H3,(H2,34,40,41)/t20-,21+,23-/m1/s1. The number of aromatic nitrogens is 1. The van der Waals surface area contributed by atoms with Gasteiger partial charge in [0.1, 0.15) is 12.3 Å². The number of hydrogen-bond acceptors (Lipinski definition) is 7. The zero-order chi connectivity index (χ0) is 30.8. The number of hydrogen-bond donors (Lipinski definition) is 4. The fourth-order valence-electron chi connectivity index (χ4n) is 6.04. The molecule has 43 heavy (non-hydrogen) atoms. The van der Waals surface area contributed by atoms with Gasteiger partial charge in [-0.3, -0.25) is 4.90 Å². The van der Waals surface area contributed by atoms with Crippen LogP contribution in [-0.4, -0.2) is 74.1 Å². The summed E-state index contributed by atoms with van der Waals surface area (Å²) in [6, 6.07) is 11.8. The Labute approximate surface area is 249 Å². The minimum Gasteiger partial charge on any atom is -0.495 e. The maximum atomic E-state index is 13.6. The van der Waals surface area contributed by atoms with Crippen LogP contribution < -0.4 is 20.5 Å². The van der Waals surface area contributed by atoms with Crippen LogP contribution in [0.25, 0.3) is 10.9 Å². The average molecular weight is 620 g/mol. The smallest absolute Gasteiger partial charge is 0.406 e. The number of nitrogens with zero attached hydrogens (tertiary/aromatic N) is 2. The van der Waals surface area contributed by atoms with Gasteiger partial charge in [0, 0.05) is 42.3 Å². The summed E-state index contributed by atoms with van der Waals surface area (Å²) >= 11 is 0. The van der Waals surface area contributed by atoms with E-state index in [1.165, 1.54) is 29.9 Å². The molecule has 1 aliphatic carbocycles. The van der Waals surface area contributed by atoms with E-state index in [1.807, 2.05) is 6.07 Å². The molecular weight excluding hydrogens is 583 g/mol. The van der Waals surface area contributed by atoms with Crippen molar-refractivity contribution in [1.82, 2.24) is 9.47 Å². The van der Waals surface area contributed by atoms with E-state index >= 15 is 0 Å². The van der Waals surface area contributed by atoms with Crippen molar-refractivity contribution in [3.8, 4) is 17.6 Å². The maximum Gasteiger partial charge on any atom is 0.406 e. The zero-order valence-electron chi connectivity index (χ0n) is 23.8. The Hall–Kier alpha value is -3.44. The lowest BCUT2D eigenvalue weighted by atomic mass is 9.90. The van der Waals surface area contributed by atoms with Crippen LogP contribution in [-0.2, 0) is 16.6 Å². The van der Waals surface area contributed by atoms with Gasteiger partial charge < -0.3 is 25.0 Å². The van der Waals surface area contributed by atoms with Gasteiger partial charge in [-0.2, -0.15) is 13.2 Å². The lowest BCUT2D eigenvalue weighted by molar-refractivity contribution is -0.140. The molecule has 13 heteroatoms. The monoisotopic (exact) mass is 619 g/mol. The number of halogens is 3. The van der Waals surface area contributed by atoms with E-state index in [0.29, 0.717) is 22.6 Å². The number of ether oxygens (including phenoxy) is 1. The molecule has 2 fully saturated rings. The Kier molecular flexibility index (Phi) is 9.12. The first-order chi connectivity index (χ1) is 20.4. The molecule has 0 amide bonds. The molecule has 2 heterocycles. The molecule has 0 unspecified atom stereocenters. The fraction of sp³-hybridized carbons (Fsp3) is 0.467. The van der Waals surface area contributed by atoms with Crippen molar-refractivity contribution in [3.05, 3.63) is 48.2 Å². The molecule has 0 bridgehead atoms. The van der Waals surface area contributed by atoms with Crippen molar-refractivity contribution in [3.63, 3.8) is 0 Å². The summed E-state index contributed by atoms with van der Waals surface area (Å²) in [5.74, 6) is 6.00. The number of sulfonamides is 1. The van der Waals surface area contributed by atoms with Gasteiger partial charge in [-0.1, -0.05) is 12.0 Å². The van der Waals surface area contributed by atoms with Crippen LogP contribution in [0.1, 0.15) is 37.8 Å². The first kappa shape index (κ1) is 31.0. The van der Waals surface area contributed by atoms with E-state index in [0.717, 1.165) is 50.9 Å². The van der Waals surface area contributed by atoms with Gasteiger partial charge in [0.05, 0.1) is 41.6 Å². The van der Waals surface area contributed by atoms with Gasteiger partial charge >= 0.3 is 6.18 Å². The lowest BCUT2D eigenvalue weighted by Gasteiger charge is -2.35. The van der Waals surface area contributed by atoms with E-state index in [1.54, 1.807) is 18.2 Å². The SMILES string of the molecule is COc1cc(S(N)(=O)=O)ccc1NCC#Cc1cc2c(N[C@H]3CC[C@@H](N4CC[C@@H](O)C4)CC3)cccc2n1CC(F)(F)F. The molecule has 1 aromatic heterocycles. The van der Waals surface area contributed by atoms with Gasteiger partial charge in [-0.15, -0.1) is 0 Å². The highest BCUT2D eigenvalue weighted by Crippen LogP contribution is 2.33. The number of likely N-dealkylation sites (tertiary alicyclic amines) is 1. The Balaban J connectivity index is 1.33. The minimum atomic E-state index is -4.44. The number of β-amino-alcohol motifs (C(OH)–C–C–N with tert-alkyl or cyclic N) is 1. The fourth-order valence-corrected chi connectivity index (χ4v) is 6.57. The normalized spacial score (nSPS) is 21.4. The number of anilines is 2. The van der Waals surface area contributed by atoms with Gasteiger partial charge in [0.25, 0.3) is 0 Å². The lowest BCUT2D eigenvalue weighted by Crippen LogP contribution is -2.39. The number of aliphatic hydroxyl groups excluding tert-OH is 1. The van der Waals surface area contributed by atoms with Crippen LogP contribution in [0.4, 0.5) is 24.5 Å². The van der Waals surface area contributed by atoms with Crippen molar-refractivity contribution in [2.24, 2.45) is 5.14 Å². The molecule has 232 valence electrons. The molecule has 9 nitrogen and oxygen atoms in total. The van der Waals surface area contributed by atoms with Crippen LogP contribution in [0, 0.1) is 11.8 Å². The number of fused-ring (bicyclic) bond motifs is 1. The van der Waals surface area contributed by atoms with Crippen molar-refractivity contribution in [1.29, 1.82) is 0 Å². The Bertz CT molecular complexity index is 1620. The van der Waals surface area contributed by atoms with Crippen molar-refractivity contribution < 1.29 is 31.4 Å². The maximum absolute atomic E-state index is 13.6. The molecule has 2 aliphatic rings. The highest BCUT2D eigenvalue weighted by atomic mass is 32.2. The first-order valence-corrected chi connectivity index (χ1v) is 15.8. The molecule has 5 N–H and O–H groups in total. The molecule has 2 aromatic carbocycles. The third-order valence-corrected chi connectivity index (χ3v) is 9.05. The number of aliphatic hydroxyl groups is 1. The van der Waals surface area contributed by atoms with Crippen molar-refractivity contribution in [2.45, 2.75) is 67.9 Å². The number of alkyl halides is 3. The number of nitrogens with one attached hydrogen (secondary N) is 2. The van der Waals surface area contributed by atoms with Crippen LogP contribution >= 0.6 is 0 Å². The number of primary sulfonamides is 1. The van der Waals surface area contributed by atoms with E-state index in [9.17, 15) is 26.7 Å². The number of rotatable bonds is 8.